The molecular weight excluding hydrogens is 288 g/mol. The maximum atomic E-state index is 11.2. The first kappa shape index (κ1) is 15.3. The normalized spacial score (nSPS) is 34.0. The third kappa shape index (κ3) is 2.97. The highest BCUT2D eigenvalue weighted by atomic mass is 32.1. The Hall–Kier alpha value is -1.10. The number of ketones is 1. The van der Waals surface area contributed by atoms with Gasteiger partial charge in [-0.1, -0.05) is 11.3 Å². The summed E-state index contributed by atoms with van der Waals surface area (Å²) in [6.45, 7) is 0.908. The molecule has 112 valence electrons. The van der Waals surface area contributed by atoms with Crippen molar-refractivity contribution in [2.75, 3.05) is 11.9 Å². The van der Waals surface area contributed by atoms with Crippen molar-refractivity contribution < 1.29 is 30.0 Å². The van der Waals surface area contributed by atoms with E-state index in [9.17, 15) is 20.1 Å². The lowest BCUT2D eigenvalue weighted by Gasteiger charge is -2.40. The number of hydrogen-bond acceptors (Lipinski definition) is 9. The van der Waals surface area contributed by atoms with E-state index in [1.165, 1.54) is 13.1 Å². The van der Waals surface area contributed by atoms with E-state index in [4.69, 9.17) is 9.84 Å². The van der Waals surface area contributed by atoms with Crippen molar-refractivity contribution in [3.63, 3.8) is 0 Å². The fraction of sp³-hybridized carbons (Fsp3) is 0.636. The molecule has 5 atom stereocenters. The molecule has 0 unspecified atom stereocenters. The van der Waals surface area contributed by atoms with Gasteiger partial charge in [0, 0.05) is 6.92 Å². The maximum absolute atomic E-state index is 11.2. The molecule has 0 aromatic carbocycles. The number of rotatable bonds is 4. The number of carbonyl (C=O) groups excluding carboxylic acids is 1. The van der Waals surface area contributed by atoms with Gasteiger partial charge in [-0.25, -0.2) is 4.98 Å². The molecule has 0 amide bonds. The van der Waals surface area contributed by atoms with Gasteiger partial charge in [0.1, 0.15) is 24.4 Å². The summed E-state index contributed by atoms with van der Waals surface area (Å²) < 4.78 is 5.26. The van der Waals surface area contributed by atoms with Crippen LogP contribution in [0.3, 0.4) is 0 Å². The van der Waals surface area contributed by atoms with E-state index in [0.717, 1.165) is 11.3 Å². The minimum absolute atomic E-state index is 0.135. The highest BCUT2D eigenvalue weighted by Gasteiger charge is 2.43. The van der Waals surface area contributed by atoms with E-state index in [1.54, 1.807) is 0 Å². The van der Waals surface area contributed by atoms with Crippen molar-refractivity contribution in [1.29, 1.82) is 0 Å². The highest BCUT2D eigenvalue weighted by molar-refractivity contribution is 7.17. The summed E-state index contributed by atoms with van der Waals surface area (Å²) in [5.74, 6) is -0.135. The predicted molar refractivity (Wildman–Crippen MR) is 69.5 cm³/mol. The number of aliphatic hydroxyl groups is 4. The number of hydrogen-bond donors (Lipinski definition) is 5. The van der Waals surface area contributed by atoms with E-state index in [1.807, 2.05) is 0 Å². The Morgan fingerprint density at radius 1 is 1.40 bits per heavy atom. The Morgan fingerprint density at radius 3 is 2.65 bits per heavy atom. The molecule has 1 fully saturated rings. The number of nitrogens with one attached hydrogen (secondary N) is 1. The van der Waals surface area contributed by atoms with Crippen LogP contribution in [0.1, 0.15) is 16.6 Å². The van der Waals surface area contributed by atoms with Gasteiger partial charge >= 0.3 is 0 Å². The Kier molecular flexibility index (Phi) is 4.68. The molecule has 8 nitrogen and oxygen atoms in total. The molecule has 0 aliphatic carbocycles. The molecule has 1 saturated heterocycles. The number of aromatic nitrogens is 1. The van der Waals surface area contributed by atoms with Gasteiger partial charge in [-0.15, -0.1) is 0 Å². The zero-order chi connectivity index (χ0) is 14.9. The summed E-state index contributed by atoms with van der Waals surface area (Å²) in [5, 5.41) is 41.2. The quantitative estimate of drug-likeness (QED) is 0.427. The second-order valence-corrected chi connectivity index (χ2v) is 5.51. The standard InChI is InChI=1S/C11H16N2O6S/c1-4(15)6-2-12-11(20-6)13-10-9(18)8(17)7(16)5(3-14)19-10/h2,5,7-10,14,16-18H,3H2,1H3,(H,12,13)/t5-,7-,8+,9+,10-/m1/s1. The summed E-state index contributed by atoms with van der Waals surface area (Å²) >= 11 is 1.08. The minimum atomic E-state index is -1.45. The SMILES string of the molecule is CC(=O)c1cnc(N[C@@H]2O[C@H](CO)[C@@H](O)[C@H](O)[C@@H]2O)s1. The van der Waals surface area contributed by atoms with Gasteiger partial charge in [0.05, 0.1) is 17.7 Å². The van der Waals surface area contributed by atoms with Gasteiger partial charge in [0.25, 0.3) is 0 Å². The van der Waals surface area contributed by atoms with Gasteiger partial charge in [-0.3, -0.25) is 4.79 Å². The van der Waals surface area contributed by atoms with Crippen LogP contribution in [0.15, 0.2) is 6.20 Å². The van der Waals surface area contributed by atoms with Gasteiger partial charge in [-0.2, -0.15) is 0 Å². The second-order valence-electron chi connectivity index (χ2n) is 4.48. The molecule has 2 rings (SSSR count). The summed E-state index contributed by atoms with van der Waals surface area (Å²) in [5.41, 5.74) is 0. The lowest BCUT2D eigenvalue weighted by molar-refractivity contribution is -0.221. The van der Waals surface area contributed by atoms with E-state index < -0.39 is 37.3 Å². The van der Waals surface area contributed by atoms with Crippen LogP contribution in [0.4, 0.5) is 5.13 Å². The van der Waals surface area contributed by atoms with E-state index >= 15 is 0 Å². The van der Waals surface area contributed by atoms with Crippen molar-refractivity contribution in [1.82, 2.24) is 4.98 Å². The molecule has 9 heteroatoms. The van der Waals surface area contributed by atoms with Crippen molar-refractivity contribution in [2.45, 2.75) is 37.6 Å². The van der Waals surface area contributed by atoms with Crippen LogP contribution in [0.5, 0.6) is 0 Å². The molecule has 0 saturated carbocycles. The number of anilines is 1. The molecule has 1 aromatic rings. The number of thiazole rings is 1. The molecule has 2 heterocycles. The second kappa shape index (κ2) is 6.12. The van der Waals surface area contributed by atoms with Crippen LogP contribution >= 0.6 is 11.3 Å². The smallest absolute Gasteiger partial charge is 0.185 e. The topological polar surface area (TPSA) is 132 Å². The van der Waals surface area contributed by atoms with Crippen molar-refractivity contribution in [3.8, 4) is 0 Å². The summed E-state index contributed by atoms with van der Waals surface area (Å²) in [6, 6.07) is 0. The first-order chi connectivity index (χ1) is 9.43. The monoisotopic (exact) mass is 304 g/mol. The lowest BCUT2D eigenvalue weighted by atomic mass is 9.98. The zero-order valence-corrected chi connectivity index (χ0v) is 11.4. The van der Waals surface area contributed by atoms with Crippen LogP contribution in [0.25, 0.3) is 0 Å². The number of Topliss-reactive ketones (excluding diaryl/α,β-unsaturated/α-hetero) is 1. The Balaban J connectivity index is 2.08. The summed E-state index contributed by atoms with van der Waals surface area (Å²) in [6.07, 6.45) is -4.89. The fourth-order valence-electron chi connectivity index (χ4n) is 1.85. The van der Waals surface area contributed by atoms with E-state index in [0.29, 0.717) is 10.0 Å². The molecule has 0 spiro atoms. The molecular formula is C11H16N2O6S. The van der Waals surface area contributed by atoms with Crippen LogP contribution in [0.2, 0.25) is 0 Å². The highest BCUT2D eigenvalue weighted by Crippen LogP contribution is 2.25. The lowest BCUT2D eigenvalue weighted by Crippen LogP contribution is -2.60. The van der Waals surface area contributed by atoms with Crippen LogP contribution < -0.4 is 5.32 Å². The van der Waals surface area contributed by atoms with Gasteiger partial charge in [0.15, 0.2) is 17.1 Å². The third-order valence-corrected chi connectivity index (χ3v) is 4.04. The molecule has 0 radical (unpaired) electrons. The average Bonchev–Trinajstić information content (AvgIpc) is 2.88. The molecule has 20 heavy (non-hydrogen) atoms. The molecule has 0 bridgehead atoms. The van der Waals surface area contributed by atoms with E-state index in [-0.39, 0.29) is 5.78 Å². The number of nitrogens with zero attached hydrogens (tertiary/aromatic N) is 1. The van der Waals surface area contributed by atoms with Crippen LogP contribution in [-0.2, 0) is 4.74 Å². The zero-order valence-electron chi connectivity index (χ0n) is 10.6. The third-order valence-electron chi connectivity index (χ3n) is 3.01. The van der Waals surface area contributed by atoms with Gasteiger partial charge in [0.2, 0.25) is 0 Å². The Morgan fingerprint density at radius 2 is 2.10 bits per heavy atom. The molecule has 1 aliphatic rings. The number of ether oxygens (including phenoxy) is 1. The van der Waals surface area contributed by atoms with Crippen molar-refractivity contribution >= 4 is 22.3 Å². The molecule has 1 aliphatic heterocycles. The van der Waals surface area contributed by atoms with Crippen LogP contribution in [0, 0.1) is 0 Å². The Bertz CT molecular complexity index is 479. The summed E-state index contributed by atoms with van der Waals surface area (Å²) in [4.78, 5) is 15.6. The number of aliphatic hydroxyl groups excluding tert-OH is 4. The predicted octanol–water partition coefficient (Wildman–Crippen LogP) is -1.44. The van der Waals surface area contributed by atoms with Gasteiger partial charge < -0.3 is 30.5 Å². The summed E-state index contributed by atoms with van der Waals surface area (Å²) in [7, 11) is 0. The van der Waals surface area contributed by atoms with Crippen molar-refractivity contribution in [2.24, 2.45) is 0 Å². The fourth-order valence-corrected chi connectivity index (χ4v) is 2.58. The Labute approximate surface area is 118 Å². The number of carbonyl (C=O) groups is 1. The molecule has 5 N–H and O–H groups in total. The van der Waals surface area contributed by atoms with Crippen LogP contribution in [-0.4, -0.2) is 68.4 Å². The first-order valence-electron chi connectivity index (χ1n) is 5.98. The van der Waals surface area contributed by atoms with Gasteiger partial charge in [-0.05, 0) is 0 Å². The average molecular weight is 304 g/mol. The largest absolute Gasteiger partial charge is 0.394 e. The van der Waals surface area contributed by atoms with Crippen molar-refractivity contribution in [3.05, 3.63) is 11.1 Å². The maximum Gasteiger partial charge on any atom is 0.185 e. The molecule has 1 aromatic heterocycles. The van der Waals surface area contributed by atoms with E-state index in [2.05, 4.69) is 10.3 Å². The first-order valence-corrected chi connectivity index (χ1v) is 6.79. The minimum Gasteiger partial charge on any atom is -0.394 e.